The molecule has 0 amide bonds. The average molecular weight is 244 g/mol. The predicted octanol–water partition coefficient (Wildman–Crippen LogP) is 1.86. The molecule has 0 radical (unpaired) electrons. The van der Waals surface area contributed by atoms with Gasteiger partial charge in [0.1, 0.15) is 5.56 Å². The largest absolute Gasteiger partial charge is 0.477 e. The number of aromatic amines is 1. The molecule has 3 N–H and O–H groups in total. The van der Waals surface area contributed by atoms with Crippen molar-refractivity contribution in [3.05, 3.63) is 47.2 Å². The molecule has 2 rings (SSSR count). The highest BCUT2D eigenvalue weighted by Crippen LogP contribution is 2.15. The van der Waals surface area contributed by atoms with E-state index in [9.17, 15) is 4.79 Å². The number of nitrogens with zero attached hydrogens (tertiary/aromatic N) is 2. The Morgan fingerprint density at radius 3 is 2.83 bits per heavy atom. The van der Waals surface area contributed by atoms with Crippen molar-refractivity contribution in [2.45, 2.75) is 6.92 Å². The van der Waals surface area contributed by atoms with Gasteiger partial charge in [-0.1, -0.05) is 30.3 Å². The van der Waals surface area contributed by atoms with E-state index in [1.807, 2.05) is 30.3 Å². The second-order valence-corrected chi connectivity index (χ2v) is 3.66. The number of benzene rings is 1. The lowest BCUT2D eigenvalue weighted by Gasteiger charge is -1.97. The molecule has 6 nitrogen and oxygen atoms in total. The van der Waals surface area contributed by atoms with Crippen LogP contribution < -0.4 is 5.43 Å². The lowest BCUT2D eigenvalue weighted by atomic mass is 10.2. The van der Waals surface area contributed by atoms with Crippen molar-refractivity contribution in [2.75, 3.05) is 5.43 Å². The van der Waals surface area contributed by atoms with Crippen LogP contribution in [0.1, 0.15) is 21.6 Å². The number of carboxylic acids is 1. The number of hydrogen-bond acceptors (Lipinski definition) is 4. The van der Waals surface area contributed by atoms with Crippen LogP contribution in [0.5, 0.6) is 0 Å². The molecule has 1 heterocycles. The van der Waals surface area contributed by atoms with E-state index in [4.69, 9.17) is 5.11 Å². The Bertz CT molecular complexity index is 575. The van der Waals surface area contributed by atoms with E-state index in [1.165, 1.54) is 0 Å². The van der Waals surface area contributed by atoms with Crippen LogP contribution in [-0.4, -0.2) is 27.5 Å². The van der Waals surface area contributed by atoms with Gasteiger partial charge in [0.15, 0.2) is 5.82 Å². The van der Waals surface area contributed by atoms with E-state index >= 15 is 0 Å². The molecule has 0 aliphatic rings. The van der Waals surface area contributed by atoms with Gasteiger partial charge in [0.05, 0.1) is 6.21 Å². The Kier molecular flexibility index (Phi) is 3.38. The third kappa shape index (κ3) is 2.54. The number of rotatable bonds is 4. The molecule has 1 aromatic heterocycles. The third-order valence-corrected chi connectivity index (χ3v) is 2.34. The van der Waals surface area contributed by atoms with E-state index in [2.05, 4.69) is 20.7 Å². The van der Waals surface area contributed by atoms with Crippen LogP contribution in [0.25, 0.3) is 0 Å². The molecule has 0 fully saturated rings. The maximum Gasteiger partial charge on any atom is 0.341 e. The molecule has 0 aliphatic carbocycles. The van der Waals surface area contributed by atoms with Gasteiger partial charge >= 0.3 is 5.97 Å². The first-order valence-electron chi connectivity index (χ1n) is 5.31. The SMILES string of the molecule is Cc1[nH]nc(N/N=C\c2ccccc2)c1C(=O)O. The number of hydrogen-bond donors (Lipinski definition) is 3. The minimum atomic E-state index is -1.04. The summed E-state index contributed by atoms with van der Waals surface area (Å²) in [6.07, 6.45) is 1.59. The zero-order valence-electron chi connectivity index (χ0n) is 9.71. The second-order valence-electron chi connectivity index (χ2n) is 3.66. The molecule has 0 aliphatic heterocycles. The molecule has 0 saturated heterocycles. The van der Waals surface area contributed by atoms with Gasteiger partial charge in [-0.05, 0) is 12.5 Å². The fraction of sp³-hybridized carbons (Fsp3) is 0.0833. The van der Waals surface area contributed by atoms with Gasteiger partial charge in [-0.25, -0.2) is 4.79 Å². The van der Waals surface area contributed by atoms with Gasteiger partial charge in [0.2, 0.25) is 0 Å². The van der Waals surface area contributed by atoms with Crippen LogP contribution in [0.2, 0.25) is 0 Å². The highest BCUT2D eigenvalue weighted by Gasteiger charge is 2.16. The van der Waals surface area contributed by atoms with Crippen molar-refractivity contribution >= 4 is 18.0 Å². The number of anilines is 1. The number of aromatic carboxylic acids is 1. The minimum Gasteiger partial charge on any atom is -0.477 e. The molecule has 0 bridgehead atoms. The predicted molar refractivity (Wildman–Crippen MR) is 67.9 cm³/mol. The lowest BCUT2D eigenvalue weighted by Crippen LogP contribution is -2.02. The lowest BCUT2D eigenvalue weighted by molar-refractivity contribution is 0.0697. The standard InChI is InChI=1S/C12H12N4O2/c1-8-10(12(17)18)11(16-14-8)15-13-7-9-5-3-2-4-6-9/h2-7H,1H3,(H,17,18)(H2,14,15,16)/b13-7-. The highest BCUT2D eigenvalue weighted by molar-refractivity contribution is 5.94. The van der Waals surface area contributed by atoms with E-state index in [1.54, 1.807) is 13.1 Å². The van der Waals surface area contributed by atoms with Crippen LogP contribution >= 0.6 is 0 Å². The fourth-order valence-electron chi connectivity index (χ4n) is 1.48. The fourth-order valence-corrected chi connectivity index (χ4v) is 1.48. The highest BCUT2D eigenvalue weighted by atomic mass is 16.4. The Morgan fingerprint density at radius 2 is 2.17 bits per heavy atom. The van der Waals surface area contributed by atoms with Crippen LogP contribution in [-0.2, 0) is 0 Å². The summed E-state index contributed by atoms with van der Waals surface area (Å²) in [5.41, 5.74) is 4.10. The summed E-state index contributed by atoms with van der Waals surface area (Å²) in [6.45, 7) is 1.64. The van der Waals surface area contributed by atoms with Crippen molar-refractivity contribution in [1.29, 1.82) is 0 Å². The van der Waals surface area contributed by atoms with Gasteiger partial charge in [-0.2, -0.15) is 10.2 Å². The van der Waals surface area contributed by atoms with Crippen molar-refractivity contribution in [2.24, 2.45) is 5.10 Å². The first-order valence-corrected chi connectivity index (χ1v) is 5.31. The Balaban J connectivity index is 2.12. The van der Waals surface area contributed by atoms with Gasteiger partial charge in [0, 0.05) is 5.69 Å². The molecule has 18 heavy (non-hydrogen) atoms. The summed E-state index contributed by atoms with van der Waals surface area (Å²) in [7, 11) is 0. The summed E-state index contributed by atoms with van der Waals surface area (Å²) in [5.74, 6) is -0.842. The van der Waals surface area contributed by atoms with Gasteiger partial charge in [-0.15, -0.1) is 0 Å². The zero-order chi connectivity index (χ0) is 13.0. The van der Waals surface area contributed by atoms with Crippen molar-refractivity contribution in [3.8, 4) is 0 Å². The van der Waals surface area contributed by atoms with Gasteiger partial charge in [-0.3, -0.25) is 10.5 Å². The van der Waals surface area contributed by atoms with Gasteiger partial charge in [0.25, 0.3) is 0 Å². The van der Waals surface area contributed by atoms with Crippen LogP contribution in [0.4, 0.5) is 5.82 Å². The molecule has 0 unspecified atom stereocenters. The van der Waals surface area contributed by atoms with E-state index in [0.29, 0.717) is 5.69 Å². The van der Waals surface area contributed by atoms with Crippen LogP contribution in [0, 0.1) is 6.92 Å². The van der Waals surface area contributed by atoms with Crippen molar-refractivity contribution in [1.82, 2.24) is 10.2 Å². The van der Waals surface area contributed by atoms with Crippen molar-refractivity contribution in [3.63, 3.8) is 0 Å². The maximum atomic E-state index is 11.0. The Morgan fingerprint density at radius 1 is 1.44 bits per heavy atom. The smallest absolute Gasteiger partial charge is 0.341 e. The van der Waals surface area contributed by atoms with Crippen molar-refractivity contribution < 1.29 is 9.90 Å². The molecule has 1 aromatic carbocycles. The molecular weight excluding hydrogens is 232 g/mol. The average Bonchev–Trinajstić information content (AvgIpc) is 2.72. The van der Waals surface area contributed by atoms with E-state index < -0.39 is 5.97 Å². The molecule has 0 atom stereocenters. The topological polar surface area (TPSA) is 90.4 Å². The van der Waals surface area contributed by atoms with Crippen LogP contribution in [0.15, 0.2) is 35.4 Å². The Labute approximate surface area is 103 Å². The summed E-state index contributed by atoms with van der Waals surface area (Å²) < 4.78 is 0. The number of aryl methyl sites for hydroxylation is 1. The van der Waals surface area contributed by atoms with Crippen LogP contribution in [0.3, 0.4) is 0 Å². The summed E-state index contributed by atoms with van der Waals surface area (Å²) >= 11 is 0. The first kappa shape index (κ1) is 11.8. The molecule has 2 aromatic rings. The maximum absolute atomic E-state index is 11.0. The summed E-state index contributed by atoms with van der Waals surface area (Å²) in [5, 5.41) is 19.4. The number of hydrazone groups is 1. The van der Waals surface area contributed by atoms with E-state index in [0.717, 1.165) is 5.56 Å². The van der Waals surface area contributed by atoms with E-state index in [-0.39, 0.29) is 11.4 Å². The molecule has 92 valence electrons. The molecular formula is C12H12N4O2. The number of carbonyl (C=O) groups is 1. The summed E-state index contributed by atoms with van der Waals surface area (Å²) in [6, 6.07) is 9.47. The monoisotopic (exact) mass is 244 g/mol. The number of nitrogens with one attached hydrogen (secondary N) is 2. The first-order chi connectivity index (χ1) is 8.68. The molecule has 0 saturated carbocycles. The minimum absolute atomic E-state index is 0.0974. The molecule has 0 spiro atoms. The molecule has 6 heteroatoms. The summed E-state index contributed by atoms with van der Waals surface area (Å²) in [4.78, 5) is 11.0. The zero-order valence-corrected chi connectivity index (χ0v) is 9.71. The number of H-pyrrole nitrogens is 1. The van der Waals surface area contributed by atoms with Gasteiger partial charge < -0.3 is 5.11 Å². The Hall–Kier alpha value is -2.63. The number of aromatic nitrogens is 2. The third-order valence-electron chi connectivity index (χ3n) is 2.34. The normalized spacial score (nSPS) is 10.7. The number of carboxylic acid groups (broad SMARTS) is 1. The quantitative estimate of drug-likeness (QED) is 0.565. The second kappa shape index (κ2) is 5.13.